The number of hydrogen-bond acceptors (Lipinski definition) is 3. The van der Waals surface area contributed by atoms with E-state index in [1.54, 1.807) is 0 Å². The highest BCUT2D eigenvalue weighted by Crippen LogP contribution is 2.16. The zero-order chi connectivity index (χ0) is 10.8. The average Bonchev–Trinajstić information content (AvgIpc) is 2.59. The van der Waals surface area contributed by atoms with Crippen molar-refractivity contribution in [3.05, 3.63) is 17.2 Å². The lowest BCUT2D eigenvalue weighted by molar-refractivity contribution is 0.0689. The topological polar surface area (TPSA) is 67.1 Å². The first kappa shape index (κ1) is 10.2. The summed E-state index contributed by atoms with van der Waals surface area (Å²) in [5, 5.41) is 12.2. The smallest absolute Gasteiger partial charge is 0.356 e. The van der Waals surface area contributed by atoms with Gasteiger partial charge in [0.1, 0.15) is 5.82 Å². The zero-order valence-electron chi connectivity index (χ0n) is 8.79. The van der Waals surface area contributed by atoms with Gasteiger partial charge >= 0.3 is 5.97 Å². The number of nitrogens with zero attached hydrogens (tertiary/aromatic N) is 2. The molecule has 5 nitrogen and oxygen atoms in total. The molecule has 0 atom stereocenters. The maximum Gasteiger partial charge on any atom is 0.356 e. The molecule has 0 spiro atoms. The molecular weight excluding hydrogens is 194 g/mol. The number of aromatic nitrogens is 2. The van der Waals surface area contributed by atoms with Crippen LogP contribution in [0.15, 0.2) is 0 Å². The molecule has 15 heavy (non-hydrogen) atoms. The van der Waals surface area contributed by atoms with Gasteiger partial charge in [-0.1, -0.05) is 6.92 Å². The molecule has 1 aliphatic heterocycles. The lowest BCUT2D eigenvalue weighted by Crippen LogP contribution is -2.29. The van der Waals surface area contributed by atoms with E-state index in [4.69, 9.17) is 5.11 Å². The Morgan fingerprint density at radius 1 is 1.67 bits per heavy atom. The molecule has 0 radical (unpaired) electrons. The maximum absolute atomic E-state index is 11.0. The van der Waals surface area contributed by atoms with Crippen molar-refractivity contribution in [3.8, 4) is 0 Å². The second-order valence-corrected chi connectivity index (χ2v) is 3.71. The van der Waals surface area contributed by atoms with Crippen LogP contribution in [-0.2, 0) is 19.5 Å². The summed E-state index contributed by atoms with van der Waals surface area (Å²) in [6.45, 7) is 4.39. The second kappa shape index (κ2) is 4.02. The molecule has 0 fully saturated rings. The van der Waals surface area contributed by atoms with Crippen LogP contribution in [0.2, 0.25) is 0 Å². The molecule has 0 bridgehead atoms. The number of hydrogen-bond donors (Lipinski definition) is 2. The van der Waals surface area contributed by atoms with Crippen molar-refractivity contribution in [2.45, 2.75) is 32.9 Å². The van der Waals surface area contributed by atoms with Crippen molar-refractivity contribution in [1.82, 2.24) is 14.9 Å². The Labute approximate surface area is 88.1 Å². The second-order valence-electron chi connectivity index (χ2n) is 3.71. The SMILES string of the molecule is CCCc1nc(C(=O)O)c2n1CCNC2. The van der Waals surface area contributed by atoms with Gasteiger partial charge in [0.05, 0.1) is 5.69 Å². The first-order valence-electron chi connectivity index (χ1n) is 5.26. The first-order chi connectivity index (χ1) is 7.24. The van der Waals surface area contributed by atoms with Gasteiger partial charge in [-0.25, -0.2) is 9.78 Å². The summed E-state index contributed by atoms with van der Waals surface area (Å²) in [6.07, 6.45) is 1.84. The van der Waals surface area contributed by atoms with Crippen molar-refractivity contribution < 1.29 is 9.90 Å². The summed E-state index contributed by atoms with van der Waals surface area (Å²) in [4.78, 5) is 15.2. The van der Waals surface area contributed by atoms with Crippen molar-refractivity contribution in [1.29, 1.82) is 0 Å². The molecule has 2 N–H and O–H groups in total. The van der Waals surface area contributed by atoms with E-state index < -0.39 is 5.97 Å². The van der Waals surface area contributed by atoms with Gasteiger partial charge in [0.15, 0.2) is 5.69 Å². The van der Waals surface area contributed by atoms with E-state index in [2.05, 4.69) is 17.2 Å². The van der Waals surface area contributed by atoms with Gasteiger partial charge in [0.25, 0.3) is 0 Å². The molecule has 0 amide bonds. The number of carboxylic acid groups (broad SMARTS) is 1. The van der Waals surface area contributed by atoms with Crippen molar-refractivity contribution in [2.75, 3.05) is 6.54 Å². The number of imidazole rings is 1. The molecule has 0 saturated heterocycles. The molecule has 2 rings (SSSR count). The Balaban J connectivity index is 2.44. The fourth-order valence-corrected chi connectivity index (χ4v) is 1.96. The third kappa shape index (κ3) is 1.74. The Hall–Kier alpha value is -1.36. The highest BCUT2D eigenvalue weighted by atomic mass is 16.4. The summed E-state index contributed by atoms with van der Waals surface area (Å²) in [7, 11) is 0. The van der Waals surface area contributed by atoms with Crippen molar-refractivity contribution >= 4 is 5.97 Å². The first-order valence-corrected chi connectivity index (χ1v) is 5.26. The zero-order valence-corrected chi connectivity index (χ0v) is 8.79. The molecule has 1 aromatic heterocycles. The normalized spacial score (nSPS) is 15.0. The van der Waals surface area contributed by atoms with Crippen LogP contribution < -0.4 is 5.32 Å². The number of carboxylic acids is 1. The number of aromatic carboxylic acids is 1. The van der Waals surface area contributed by atoms with E-state index in [0.29, 0.717) is 6.54 Å². The predicted molar refractivity (Wildman–Crippen MR) is 54.9 cm³/mol. The number of rotatable bonds is 3. The fourth-order valence-electron chi connectivity index (χ4n) is 1.96. The standard InChI is InChI=1S/C10H15N3O2/c1-2-3-8-12-9(10(14)15)7-6-11-4-5-13(7)8/h11H,2-6H2,1H3,(H,14,15). The van der Waals surface area contributed by atoms with Gasteiger partial charge in [-0.2, -0.15) is 0 Å². The largest absolute Gasteiger partial charge is 0.476 e. The fraction of sp³-hybridized carbons (Fsp3) is 0.600. The van der Waals surface area contributed by atoms with Crippen LogP contribution in [0.1, 0.15) is 35.4 Å². The third-order valence-electron chi connectivity index (χ3n) is 2.63. The van der Waals surface area contributed by atoms with Crippen LogP contribution in [0, 0.1) is 0 Å². The van der Waals surface area contributed by atoms with Crippen LogP contribution in [0.3, 0.4) is 0 Å². The predicted octanol–water partition coefficient (Wildman–Crippen LogP) is 0.637. The van der Waals surface area contributed by atoms with Gasteiger partial charge in [-0.15, -0.1) is 0 Å². The highest BCUT2D eigenvalue weighted by molar-refractivity contribution is 5.86. The molecular formula is C10H15N3O2. The highest BCUT2D eigenvalue weighted by Gasteiger charge is 2.22. The summed E-state index contributed by atoms with van der Waals surface area (Å²) < 4.78 is 2.05. The molecule has 1 aliphatic rings. The van der Waals surface area contributed by atoms with Gasteiger partial charge in [-0.3, -0.25) is 0 Å². The summed E-state index contributed by atoms with van der Waals surface area (Å²) in [5.74, 6) is -0.0174. The Morgan fingerprint density at radius 3 is 3.13 bits per heavy atom. The molecule has 0 aliphatic carbocycles. The van der Waals surface area contributed by atoms with Gasteiger partial charge in [0.2, 0.25) is 0 Å². The van der Waals surface area contributed by atoms with E-state index >= 15 is 0 Å². The summed E-state index contributed by atoms with van der Waals surface area (Å²) >= 11 is 0. The summed E-state index contributed by atoms with van der Waals surface area (Å²) in [6, 6.07) is 0. The number of carbonyl (C=O) groups is 1. The van der Waals surface area contributed by atoms with Crippen LogP contribution in [0.25, 0.3) is 0 Å². The van der Waals surface area contributed by atoms with E-state index in [1.165, 1.54) is 0 Å². The van der Waals surface area contributed by atoms with E-state index in [-0.39, 0.29) is 5.69 Å². The van der Waals surface area contributed by atoms with E-state index in [9.17, 15) is 4.79 Å². The Bertz CT molecular complexity index is 384. The molecule has 82 valence electrons. The molecule has 0 unspecified atom stereocenters. The maximum atomic E-state index is 11.0. The van der Waals surface area contributed by atoms with Crippen LogP contribution in [-0.4, -0.2) is 27.2 Å². The molecule has 0 saturated carbocycles. The minimum Gasteiger partial charge on any atom is -0.476 e. The number of aryl methyl sites for hydroxylation is 1. The van der Waals surface area contributed by atoms with Gasteiger partial charge in [-0.05, 0) is 6.42 Å². The average molecular weight is 209 g/mol. The van der Waals surface area contributed by atoms with Gasteiger partial charge in [0, 0.05) is 26.1 Å². The van der Waals surface area contributed by atoms with Crippen LogP contribution in [0.5, 0.6) is 0 Å². The Kier molecular flexibility index (Phi) is 2.73. The van der Waals surface area contributed by atoms with Crippen LogP contribution >= 0.6 is 0 Å². The van der Waals surface area contributed by atoms with Gasteiger partial charge < -0.3 is 15.0 Å². The number of nitrogens with one attached hydrogen (secondary N) is 1. The monoisotopic (exact) mass is 209 g/mol. The lowest BCUT2D eigenvalue weighted by Gasteiger charge is -2.17. The van der Waals surface area contributed by atoms with Crippen LogP contribution in [0.4, 0.5) is 0 Å². The lowest BCUT2D eigenvalue weighted by atomic mass is 10.2. The molecule has 2 heterocycles. The Morgan fingerprint density at radius 2 is 2.47 bits per heavy atom. The van der Waals surface area contributed by atoms with E-state index in [0.717, 1.165) is 37.4 Å². The van der Waals surface area contributed by atoms with Crippen molar-refractivity contribution in [3.63, 3.8) is 0 Å². The quantitative estimate of drug-likeness (QED) is 0.766. The summed E-state index contributed by atoms with van der Waals surface area (Å²) in [5.41, 5.74) is 1.03. The molecule has 1 aromatic rings. The minimum atomic E-state index is -0.926. The minimum absolute atomic E-state index is 0.214. The number of fused-ring (bicyclic) bond motifs is 1. The van der Waals surface area contributed by atoms with E-state index in [1.807, 2.05) is 4.57 Å². The molecule has 5 heteroatoms. The third-order valence-corrected chi connectivity index (χ3v) is 2.63. The molecule has 0 aromatic carbocycles. The van der Waals surface area contributed by atoms with Crippen molar-refractivity contribution in [2.24, 2.45) is 0 Å².